The maximum atomic E-state index is 11.2. The molecule has 15 heavy (non-hydrogen) atoms. The predicted octanol–water partition coefficient (Wildman–Crippen LogP) is 1.36. The van der Waals surface area contributed by atoms with Crippen molar-refractivity contribution >= 4 is 12.0 Å². The van der Waals surface area contributed by atoms with E-state index in [0.717, 1.165) is 5.69 Å². The van der Waals surface area contributed by atoms with E-state index in [4.69, 9.17) is 4.74 Å². The van der Waals surface area contributed by atoms with Gasteiger partial charge in [-0.15, -0.1) is 0 Å². The van der Waals surface area contributed by atoms with Crippen LogP contribution in [0.3, 0.4) is 0 Å². The molecule has 0 saturated heterocycles. The molecule has 0 saturated carbocycles. The van der Waals surface area contributed by atoms with E-state index in [0.29, 0.717) is 5.75 Å². The Kier molecular flexibility index (Phi) is 2.64. The molecule has 0 radical (unpaired) electrons. The van der Waals surface area contributed by atoms with Crippen LogP contribution in [0, 0.1) is 0 Å². The molecule has 5 heteroatoms. The molecule has 0 amide bonds. The molecule has 2 aromatic rings. The Morgan fingerprint density at radius 2 is 2.47 bits per heavy atom. The zero-order valence-corrected chi connectivity index (χ0v) is 7.81. The first-order valence-electron chi connectivity index (χ1n) is 4.35. The standard InChI is InChI=1S/C10H9N3O2/c14-10(15-9-3-4-11-6-9)2-1-8-5-12-7-13-8/h1-7,11H,(H,12,13). The van der Waals surface area contributed by atoms with Crippen LogP contribution in [0.2, 0.25) is 0 Å². The van der Waals surface area contributed by atoms with Crippen molar-refractivity contribution in [3.05, 3.63) is 42.8 Å². The zero-order valence-electron chi connectivity index (χ0n) is 7.81. The first-order valence-corrected chi connectivity index (χ1v) is 4.35. The summed E-state index contributed by atoms with van der Waals surface area (Å²) in [5.41, 5.74) is 0.751. The lowest BCUT2D eigenvalue weighted by Crippen LogP contribution is -2.02. The second kappa shape index (κ2) is 4.28. The Labute approximate surface area is 85.8 Å². The van der Waals surface area contributed by atoms with E-state index in [1.165, 1.54) is 12.4 Å². The summed E-state index contributed by atoms with van der Waals surface area (Å²) >= 11 is 0. The average Bonchev–Trinajstić information content (AvgIpc) is 2.86. The van der Waals surface area contributed by atoms with Crippen molar-refractivity contribution in [3.8, 4) is 5.75 Å². The van der Waals surface area contributed by atoms with Gasteiger partial charge >= 0.3 is 5.97 Å². The molecular formula is C10H9N3O2. The summed E-state index contributed by atoms with van der Waals surface area (Å²) in [6, 6.07) is 1.67. The second-order valence-electron chi connectivity index (χ2n) is 2.81. The summed E-state index contributed by atoms with van der Waals surface area (Å²) in [5.74, 6) is 0.0680. The molecule has 0 aliphatic rings. The molecule has 0 fully saturated rings. The minimum absolute atomic E-state index is 0.427. The lowest BCUT2D eigenvalue weighted by Gasteiger charge is -1.94. The summed E-state index contributed by atoms with van der Waals surface area (Å²) in [6.07, 6.45) is 9.36. The van der Waals surface area contributed by atoms with E-state index in [1.54, 1.807) is 30.7 Å². The maximum absolute atomic E-state index is 11.2. The van der Waals surface area contributed by atoms with Crippen LogP contribution in [0.1, 0.15) is 5.69 Å². The minimum Gasteiger partial charge on any atom is -0.422 e. The second-order valence-corrected chi connectivity index (χ2v) is 2.81. The van der Waals surface area contributed by atoms with Crippen molar-refractivity contribution in [1.82, 2.24) is 15.0 Å². The van der Waals surface area contributed by atoms with Crippen LogP contribution in [0.15, 0.2) is 37.1 Å². The van der Waals surface area contributed by atoms with Crippen LogP contribution in [-0.2, 0) is 4.79 Å². The Morgan fingerprint density at radius 1 is 1.53 bits per heavy atom. The fourth-order valence-electron chi connectivity index (χ4n) is 1.04. The molecule has 0 spiro atoms. The molecule has 2 heterocycles. The Morgan fingerprint density at radius 3 is 3.13 bits per heavy atom. The molecule has 0 aliphatic carbocycles. The maximum Gasteiger partial charge on any atom is 0.336 e. The Bertz CT molecular complexity index is 443. The first kappa shape index (κ1) is 9.26. The predicted molar refractivity (Wildman–Crippen MR) is 54.0 cm³/mol. The largest absolute Gasteiger partial charge is 0.422 e. The fraction of sp³-hybridized carbons (Fsp3) is 0. The third kappa shape index (κ3) is 2.57. The van der Waals surface area contributed by atoms with Gasteiger partial charge in [-0.2, -0.15) is 0 Å². The normalized spacial score (nSPS) is 10.7. The number of esters is 1. The van der Waals surface area contributed by atoms with Crippen molar-refractivity contribution in [3.63, 3.8) is 0 Å². The summed E-state index contributed by atoms with van der Waals surface area (Å²) in [4.78, 5) is 20.7. The molecule has 2 aromatic heterocycles. The third-order valence-electron chi connectivity index (χ3n) is 1.71. The highest BCUT2D eigenvalue weighted by atomic mass is 16.5. The van der Waals surface area contributed by atoms with Crippen LogP contribution in [0.4, 0.5) is 0 Å². The van der Waals surface area contributed by atoms with Crippen LogP contribution >= 0.6 is 0 Å². The molecule has 76 valence electrons. The molecule has 5 nitrogen and oxygen atoms in total. The van der Waals surface area contributed by atoms with Gasteiger partial charge in [0.2, 0.25) is 0 Å². The van der Waals surface area contributed by atoms with Crippen molar-refractivity contribution in [1.29, 1.82) is 0 Å². The number of nitrogens with zero attached hydrogens (tertiary/aromatic N) is 1. The number of carbonyl (C=O) groups is 1. The van der Waals surface area contributed by atoms with Gasteiger partial charge < -0.3 is 14.7 Å². The highest BCUT2D eigenvalue weighted by molar-refractivity contribution is 5.88. The van der Waals surface area contributed by atoms with Gasteiger partial charge in [-0.3, -0.25) is 0 Å². The number of nitrogens with one attached hydrogen (secondary N) is 2. The molecule has 0 bridgehead atoms. The van der Waals surface area contributed by atoms with Crippen molar-refractivity contribution < 1.29 is 9.53 Å². The number of hydrogen-bond acceptors (Lipinski definition) is 3. The Hall–Kier alpha value is -2.30. The number of rotatable bonds is 3. The van der Waals surface area contributed by atoms with Crippen LogP contribution in [-0.4, -0.2) is 20.9 Å². The molecule has 2 rings (SSSR count). The average molecular weight is 203 g/mol. The van der Waals surface area contributed by atoms with Crippen molar-refractivity contribution in [2.45, 2.75) is 0 Å². The van der Waals surface area contributed by atoms with E-state index in [1.807, 2.05) is 0 Å². The van der Waals surface area contributed by atoms with E-state index in [-0.39, 0.29) is 0 Å². The van der Waals surface area contributed by atoms with Gasteiger partial charge in [-0.05, 0) is 12.1 Å². The first-order chi connectivity index (χ1) is 7.34. The lowest BCUT2D eigenvalue weighted by atomic mass is 10.4. The molecular weight excluding hydrogens is 194 g/mol. The number of ether oxygens (including phenoxy) is 1. The van der Waals surface area contributed by atoms with Gasteiger partial charge in [0.05, 0.1) is 18.2 Å². The van der Waals surface area contributed by atoms with Crippen LogP contribution < -0.4 is 4.74 Å². The zero-order chi connectivity index (χ0) is 10.5. The van der Waals surface area contributed by atoms with Crippen LogP contribution in [0.25, 0.3) is 6.08 Å². The van der Waals surface area contributed by atoms with Gasteiger partial charge in [-0.1, -0.05) is 0 Å². The summed E-state index contributed by atoms with van der Waals surface area (Å²) in [6.45, 7) is 0. The number of aromatic amines is 2. The van der Waals surface area contributed by atoms with E-state index in [9.17, 15) is 4.79 Å². The quantitative estimate of drug-likeness (QED) is 0.584. The smallest absolute Gasteiger partial charge is 0.336 e. The minimum atomic E-state index is -0.427. The number of hydrogen-bond donors (Lipinski definition) is 2. The Balaban J connectivity index is 1.93. The monoisotopic (exact) mass is 203 g/mol. The van der Waals surface area contributed by atoms with E-state index in [2.05, 4.69) is 15.0 Å². The van der Waals surface area contributed by atoms with E-state index >= 15 is 0 Å². The van der Waals surface area contributed by atoms with Gasteiger partial charge in [-0.25, -0.2) is 9.78 Å². The topological polar surface area (TPSA) is 70.8 Å². The molecule has 0 aromatic carbocycles. The highest BCUT2D eigenvalue weighted by Crippen LogP contribution is 2.07. The molecule has 0 unspecified atom stereocenters. The fourth-order valence-corrected chi connectivity index (χ4v) is 1.04. The lowest BCUT2D eigenvalue weighted by molar-refractivity contribution is -0.128. The van der Waals surface area contributed by atoms with Gasteiger partial charge in [0.1, 0.15) is 5.75 Å². The summed E-state index contributed by atoms with van der Waals surface area (Å²) < 4.78 is 4.96. The van der Waals surface area contributed by atoms with Crippen LogP contribution in [0.5, 0.6) is 5.75 Å². The van der Waals surface area contributed by atoms with E-state index < -0.39 is 5.97 Å². The molecule has 0 aliphatic heterocycles. The van der Waals surface area contributed by atoms with Crippen molar-refractivity contribution in [2.75, 3.05) is 0 Å². The van der Waals surface area contributed by atoms with Gasteiger partial charge in [0.15, 0.2) is 0 Å². The van der Waals surface area contributed by atoms with Gasteiger partial charge in [0, 0.05) is 18.5 Å². The highest BCUT2D eigenvalue weighted by Gasteiger charge is 1.99. The number of imidazole rings is 1. The summed E-state index contributed by atoms with van der Waals surface area (Å²) in [7, 11) is 0. The number of H-pyrrole nitrogens is 2. The van der Waals surface area contributed by atoms with Crippen molar-refractivity contribution in [2.24, 2.45) is 0 Å². The number of carbonyl (C=O) groups excluding carboxylic acids is 1. The molecule has 0 atom stereocenters. The third-order valence-corrected chi connectivity index (χ3v) is 1.71. The van der Waals surface area contributed by atoms with Gasteiger partial charge in [0.25, 0.3) is 0 Å². The number of aromatic nitrogens is 3. The molecule has 2 N–H and O–H groups in total. The SMILES string of the molecule is O=C(C=Cc1cnc[nH]1)Oc1cc[nH]c1. The summed E-state index contributed by atoms with van der Waals surface area (Å²) in [5, 5.41) is 0.